The fraction of sp³-hybridized carbons (Fsp3) is 0.389. The summed E-state index contributed by atoms with van der Waals surface area (Å²) >= 11 is 2.87. The van der Waals surface area contributed by atoms with E-state index in [2.05, 4.69) is 15.6 Å². The highest BCUT2D eigenvalue weighted by molar-refractivity contribution is 8.00. The minimum absolute atomic E-state index is 0.0110. The number of carbonyl (C=O) groups is 2. The van der Waals surface area contributed by atoms with Gasteiger partial charge >= 0.3 is 0 Å². The van der Waals surface area contributed by atoms with Crippen molar-refractivity contribution in [2.75, 3.05) is 16.9 Å². The van der Waals surface area contributed by atoms with Crippen LogP contribution < -0.4 is 10.6 Å². The van der Waals surface area contributed by atoms with Crippen LogP contribution in [0.3, 0.4) is 0 Å². The number of thiazole rings is 1. The minimum Gasteiger partial charge on any atom is -0.349 e. The van der Waals surface area contributed by atoms with E-state index in [-0.39, 0.29) is 34.8 Å². The molecule has 2 heterocycles. The number of thioether (sulfide) groups is 1. The second-order valence-corrected chi connectivity index (χ2v) is 10.6. The summed E-state index contributed by atoms with van der Waals surface area (Å²) in [6.07, 6.45) is 0. The topological polar surface area (TPSA) is 108 Å². The lowest BCUT2D eigenvalue weighted by Gasteiger charge is -2.24. The van der Waals surface area contributed by atoms with Gasteiger partial charge in [0.2, 0.25) is 21.8 Å². The Bertz CT molecular complexity index is 1040. The molecule has 0 bridgehead atoms. The summed E-state index contributed by atoms with van der Waals surface area (Å²) < 4.78 is 27.9. The number of benzene rings is 1. The molecule has 1 aliphatic heterocycles. The van der Waals surface area contributed by atoms with Crippen molar-refractivity contribution in [2.45, 2.75) is 38.3 Å². The van der Waals surface area contributed by atoms with Gasteiger partial charge in [-0.05, 0) is 31.5 Å². The van der Waals surface area contributed by atoms with Crippen LogP contribution in [0.15, 0.2) is 28.5 Å². The van der Waals surface area contributed by atoms with Gasteiger partial charge in [-0.15, -0.1) is 23.1 Å². The molecule has 29 heavy (non-hydrogen) atoms. The second-order valence-electron chi connectivity index (χ2n) is 6.66. The van der Waals surface area contributed by atoms with Gasteiger partial charge in [0.05, 0.1) is 28.8 Å². The van der Waals surface area contributed by atoms with E-state index in [0.29, 0.717) is 5.75 Å². The summed E-state index contributed by atoms with van der Waals surface area (Å²) in [6.45, 7) is 5.22. The molecule has 2 aromatic rings. The number of carbonyl (C=O) groups excluding carboxylic acids is 2. The number of aromatic nitrogens is 1. The Morgan fingerprint density at radius 3 is 2.72 bits per heavy atom. The minimum atomic E-state index is -3.99. The number of hydrogen-bond donors (Lipinski definition) is 2. The van der Waals surface area contributed by atoms with Crippen molar-refractivity contribution >= 4 is 50.6 Å². The van der Waals surface area contributed by atoms with Gasteiger partial charge in [-0.25, -0.2) is 13.4 Å². The largest absolute Gasteiger partial charge is 0.349 e. The van der Waals surface area contributed by atoms with E-state index in [4.69, 9.17) is 0 Å². The molecule has 3 rings (SSSR count). The van der Waals surface area contributed by atoms with Gasteiger partial charge in [0.1, 0.15) is 10.9 Å². The average molecular weight is 455 g/mol. The van der Waals surface area contributed by atoms with Crippen LogP contribution in [0.1, 0.15) is 23.2 Å². The van der Waals surface area contributed by atoms with Crippen molar-refractivity contribution in [3.05, 3.63) is 39.8 Å². The van der Waals surface area contributed by atoms with E-state index in [1.165, 1.54) is 40.4 Å². The molecule has 1 aromatic carbocycles. The molecule has 1 aliphatic rings. The third kappa shape index (κ3) is 4.97. The SMILES string of the molecule is CC(=O)Nc1ccc(C)cc1S(=O)(=O)N1CSCC1C(=O)NCc1csc(C)n1. The fourth-order valence-corrected chi connectivity index (χ4v) is 6.91. The van der Waals surface area contributed by atoms with E-state index in [0.717, 1.165) is 16.3 Å². The van der Waals surface area contributed by atoms with E-state index in [9.17, 15) is 18.0 Å². The highest BCUT2D eigenvalue weighted by Gasteiger charge is 2.41. The van der Waals surface area contributed by atoms with Crippen LogP contribution in [0.4, 0.5) is 5.69 Å². The number of anilines is 1. The van der Waals surface area contributed by atoms with Gasteiger partial charge in [0.25, 0.3) is 0 Å². The van der Waals surface area contributed by atoms with Crippen LogP contribution in [-0.2, 0) is 26.2 Å². The third-order valence-electron chi connectivity index (χ3n) is 4.29. The molecule has 0 spiro atoms. The van der Waals surface area contributed by atoms with Gasteiger partial charge in [-0.2, -0.15) is 4.31 Å². The molecule has 1 fully saturated rings. The number of nitrogens with one attached hydrogen (secondary N) is 2. The van der Waals surface area contributed by atoms with Crippen molar-refractivity contribution in [1.29, 1.82) is 0 Å². The zero-order valence-corrected chi connectivity index (χ0v) is 18.7. The Labute approximate surface area is 178 Å². The Balaban J connectivity index is 1.83. The first-order chi connectivity index (χ1) is 13.7. The van der Waals surface area contributed by atoms with Crippen molar-refractivity contribution < 1.29 is 18.0 Å². The van der Waals surface area contributed by atoms with Gasteiger partial charge in [0, 0.05) is 18.1 Å². The summed E-state index contributed by atoms with van der Waals surface area (Å²) in [4.78, 5) is 28.5. The third-order valence-corrected chi connectivity index (χ3v) is 8.18. The standard InChI is InChI=1S/C18H22N4O4S3/c1-11-4-5-15(20-12(2)23)17(6-11)29(25,26)22-10-27-9-16(22)18(24)19-7-14-8-28-13(3)21-14/h4-6,8,16H,7,9-10H2,1-3H3,(H,19,24)(H,20,23). The molecule has 2 amide bonds. The zero-order valence-electron chi connectivity index (χ0n) is 16.3. The lowest BCUT2D eigenvalue weighted by atomic mass is 10.2. The van der Waals surface area contributed by atoms with Crippen molar-refractivity contribution in [1.82, 2.24) is 14.6 Å². The average Bonchev–Trinajstić information content (AvgIpc) is 3.30. The molecule has 11 heteroatoms. The van der Waals surface area contributed by atoms with E-state index < -0.39 is 16.1 Å². The van der Waals surface area contributed by atoms with E-state index >= 15 is 0 Å². The summed E-state index contributed by atoms with van der Waals surface area (Å²) in [5.41, 5.74) is 1.69. The van der Waals surface area contributed by atoms with Gasteiger partial charge in [0.15, 0.2) is 0 Å². The Morgan fingerprint density at radius 2 is 2.07 bits per heavy atom. The molecule has 156 valence electrons. The predicted molar refractivity (Wildman–Crippen MR) is 114 cm³/mol. The molecule has 8 nitrogen and oxygen atoms in total. The van der Waals surface area contributed by atoms with Gasteiger partial charge in [-0.1, -0.05) is 6.07 Å². The van der Waals surface area contributed by atoms with Crippen LogP contribution >= 0.6 is 23.1 Å². The number of sulfonamides is 1. The summed E-state index contributed by atoms with van der Waals surface area (Å²) in [6, 6.07) is 3.97. The van der Waals surface area contributed by atoms with E-state index in [1.807, 2.05) is 12.3 Å². The van der Waals surface area contributed by atoms with Gasteiger partial charge < -0.3 is 10.6 Å². The first kappa shape index (κ1) is 21.8. The van der Waals surface area contributed by atoms with Crippen molar-refractivity contribution in [3.8, 4) is 0 Å². The maximum atomic E-state index is 13.4. The lowest BCUT2D eigenvalue weighted by Crippen LogP contribution is -2.47. The number of amides is 2. The highest BCUT2D eigenvalue weighted by Crippen LogP contribution is 2.32. The van der Waals surface area contributed by atoms with Crippen LogP contribution in [0.2, 0.25) is 0 Å². The van der Waals surface area contributed by atoms with Crippen LogP contribution in [0.5, 0.6) is 0 Å². The van der Waals surface area contributed by atoms with Gasteiger partial charge in [-0.3, -0.25) is 9.59 Å². The molecular weight excluding hydrogens is 432 g/mol. The van der Waals surface area contributed by atoms with Crippen molar-refractivity contribution in [3.63, 3.8) is 0 Å². The van der Waals surface area contributed by atoms with E-state index in [1.54, 1.807) is 19.1 Å². The van der Waals surface area contributed by atoms with Crippen LogP contribution in [-0.4, -0.2) is 47.2 Å². The first-order valence-corrected chi connectivity index (χ1v) is 12.3. The summed E-state index contributed by atoms with van der Waals surface area (Å²) in [5.74, 6) is -0.196. The number of rotatable bonds is 6. The van der Waals surface area contributed by atoms with Crippen LogP contribution in [0.25, 0.3) is 0 Å². The molecular formula is C18H22N4O4S3. The molecule has 2 N–H and O–H groups in total. The van der Waals surface area contributed by atoms with Crippen molar-refractivity contribution in [2.24, 2.45) is 0 Å². The quantitative estimate of drug-likeness (QED) is 0.692. The molecule has 1 saturated heterocycles. The summed E-state index contributed by atoms with van der Waals surface area (Å²) in [5, 5.41) is 8.11. The highest BCUT2D eigenvalue weighted by atomic mass is 32.2. The Morgan fingerprint density at radius 1 is 1.31 bits per heavy atom. The molecule has 1 aromatic heterocycles. The first-order valence-electron chi connectivity index (χ1n) is 8.85. The maximum Gasteiger partial charge on any atom is 0.246 e. The molecule has 1 unspecified atom stereocenters. The Kier molecular flexibility index (Phi) is 6.62. The smallest absolute Gasteiger partial charge is 0.246 e. The second kappa shape index (κ2) is 8.82. The molecule has 1 atom stereocenters. The molecule has 0 saturated carbocycles. The zero-order chi connectivity index (χ0) is 21.2. The number of aryl methyl sites for hydroxylation is 2. The maximum absolute atomic E-state index is 13.4. The normalized spacial score (nSPS) is 17.3. The molecule has 0 radical (unpaired) electrons. The number of hydrogen-bond acceptors (Lipinski definition) is 7. The van der Waals surface area contributed by atoms with Crippen LogP contribution in [0, 0.1) is 13.8 Å². The molecule has 0 aliphatic carbocycles. The lowest BCUT2D eigenvalue weighted by molar-refractivity contribution is -0.124. The monoisotopic (exact) mass is 454 g/mol. The number of nitrogens with zero attached hydrogens (tertiary/aromatic N) is 2. The fourth-order valence-electron chi connectivity index (χ4n) is 2.92. The summed E-state index contributed by atoms with van der Waals surface area (Å²) in [7, 11) is -3.99. The Hall–Kier alpha value is -1.95. The predicted octanol–water partition coefficient (Wildman–Crippen LogP) is 2.10.